The molecule has 0 amide bonds. The molecule has 0 aliphatic heterocycles. The molecule has 2 heterocycles. The van der Waals surface area contributed by atoms with Crippen molar-refractivity contribution in [3.8, 4) is 0 Å². The molecule has 2 aromatic rings. The van der Waals surface area contributed by atoms with Gasteiger partial charge in [0.05, 0.1) is 11.3 Å². The summed E-state index contributed by atoms with van der Waals surface area (Å²) in [4.78, 5) is 8.20. The molecule has 0 spiro atoms. The van der Waals surface area contributed by atoms with Crippen LogP contribution in [0.4, 0.5) is 5.82 Å². The minimum absolute atomic E-state index is 0.474. The van der Waals surface area contributed by atoms with Crippen molar-refractivity contribution in [2.24, 2.45) is 5.92 Å². The minimum Gasteiger partial charge on any atom is -0.369 e. The predicted octanol–water partition coefficient (Wildman–Crippen LogP) is 2.68. The van der Waals surface area contributed by atoms with E-state index in [4.69, 9.17) is 11.6 Å². The molecule has 1 atom stereocenters. The maximum Gasteiger partial charge on any atom is 0.144 e. The van der Waals surface area contributed by atoms with Crippen LogP contribution in [0.5, 0.6) is 0 Å². The lowest BCUT2D eigenvalue weighted by Gasteiger charge is -2.14. The fourth-order valence-corrected chi connectivity index (χ4v) is 1.79. The molecular formula is C12H15ClN4. The van der Waals surface area contributed by atoms with E-state index in [1.807, 2.05) is 24.7 Å². The molecule has 2 aromatic heterocycles. The van der Waals surface area contributed by atoms with Crippen LogP contribution in [-0.4, -0.2) is 21.1 Å². The maximum atomic E-state index is 6.01. The van der Waals surface area contributed by atoms with Crippen LogP contribution in [-0.2, 0) is 6.54 Å². The summed E-state index contributed by atoms with van der Waals surface area (Å²) in [6, 6.07) is 3.65. The highest BCUT2D eigenvalue weighted by Crippen LogP contribution is 2.17. The number of halogens is 1. The third-order valence-corrected chi connectivity index (χ3v) is 2.76. The number of rotatable bonds is 5. The zero-order valence-electron chi connectivity index (χ0n) is 9.68. The van der Waals surface area contributed by atoms with Crippen LogP contribution in [0.15, 0.2) is 37.1 Å². The van der Waals surface area contributed by atoms with Crippen molar-refractivity contribution in [3.05, 3.63) is 42.1 Å². The van der Waals surface area contributed by atoms with Crippen molar-refractivity contribution in [1.29, 1.82) is 0 Å². The van der Waals surface area contributed by atoms with Gasteiger partial charge in [0.2, 0.25) is 0 Å². The first-order valence-corrected chi connectivity index (χ1v) is 5.93. The summed E-state index contributed by atoms with van der Waals surface area (Å²) in [7, 11) is 0. The summed E-state index contributed by atoms with van der Waals surface area (Å²) < 4.78 is 2.06. The molecule has 4 nitrogen and oxygen atoms in total. The third-order valence-electron chi connectivity index (χ3n) is 2.46. The van der Waals surface area contributed by atoms with E-state index in [9.17, 15) is 0 Å². The van der Waals surface area contributed by atoms with E-state index >= 15 is 0 Å². The number of anilines is 1. The zero-order valence-corrected chi connectivity index (χ0v) is 10.4. The molecular weight excluding hydrogens is 236 g/mol. The quantitative estimate of drug-likeness (QED) is 0.887. The Morgan fingerprint density at radius 3 is 3.06 bits per heavy atom. The Morgan fingerprint density at radius 1 is 1.47 bits per heavy atom. The summed E-state index contributed by atoms with van der Waals surface area (Å²) >= 11 is 6.01. The Kier molecular flexibility index (Phi) is 3.98. The number of pyridine rings is 1. The van der Waals surface area contributed by atoms with Crippen LogP contribution < -0.4 is 5.32 Å². The smallest absolute Gasteiger partial charge is 0.144 e. The Labute approximate surface area is 106 Å². The molecule has 0 aromatic carbocycles. The van der Waals surface area contributed by atoms with Crippen LogP contribution in [0.25, 0.3) is 0 Å². The summed E-state index contributed by atoms with van der Waals surface area (Å²) in [6.45, 7) is 3.93. The molecule has 17 heavy (non-hydrogen) atoms. The standard InChI is InChI=1S/C12H15ClN4/c1-10(8-17-6-5-14-9-17)7-16-12-11(13)3-2-4-15-12/h2-6,9-10H,7-8H2,1H3,(H,15,16)/t10-/m0/s1. The maximum absolute atomic E-state index is 6.01. The van der Waals surface area contributed by atoms with Gasteiger partial charge in [-0.25, -0.2) is 9.97 Å². The van der Waals surface area contributed by atoms with Crippen LogP contribution in [0.1, 0.15) is 6.92 Å². The predicted molar refractivity (Wildman–Crippen MR) is 69.1 cm³/mol. The van der Waals surface area contributed by atoms with Crippen LogP contribution >= 0.6 is 11.6 Å². The van der Waals surface area contributed by atoms with E-state index in [0.717, 1.165) is 18.9 Å². The van der Waals surface area contributed by atoms with Gasteiger partial charge < -0.3 is 9.88 Å². The Hall–Kier alpha value is -1.55. The van der Waals surface area contributed by atoms with Gasteiger partial charge >= 0.3 is 0 Å². The lowest BCUT2D eigenvalue weighted by atomic mass is 10.2. The lowest BCUT2D eigenvalue weighted by molar-refractivity contribution is 0.502. The number of nitrogens with zero attached hydrogens (tertiary/aromatic N) is 3. The molecule has 0 bridgehead atoms. The van der Waals surface area contributed by atoms with Gasteiger partial charge in [-0.05, 0) is 18.1 Å². The molecule has 1 N–H and O–H groups in total. The molecule has 90 valence electrons. The number of hydrogen-bond acceptors (Lipinski definition) is 3. The summed E-state index contributed by atoms with van der Waals surface area (Å²) in [5, 5.41) is 3.90. The van der Waals surface area contributed by atoms with Crippen molar-refractivity contribution in [2.75, 3.05) is 11.9 Å². The van der Waals surface area contributed by atoms with Gasteiger partial charge in [0.25, 0.3) is 0 Å². The van der Waals surface area contributed by atoms with E-state index in [0.29, 0.717) is 10.9 Å². The van der Waals surface area contributed by atoms with Crippen LogP contribution in [0.3, 0.4) is 0 Å². The second-order valence-corrected chi connectivity index (χ2v) is 4.49. The molecule has 0 aliphatic rings. The largest absolute Gasteiger partial charge is 0.369 e. The van der Waals surface area contributed by atoms with Crippen molar-refractivity contribution in [2.45, 2.75) is 13.5 Å². The van der Waals surface area contributed by atoms with Gasteiger partial charge in [-0.2, -0.15) is 0 Å². The van der Waals surface area contributed by atoms with Gasteiger partial charge in [0.1, 0.15) is 5.82 Å². The first-order valence-electron chi connectivity index (χ1n) is 5.56. The van der Waals surface area contributed by atoms with E-state index in [2.05, 4.69) is 26.8 Å². The first kappa shape index (κ1) is 11.9. The Bertz CT molecular complexity index is 455. The monoisotopic (exact) mass is 250 g/mol. The van der Waals surface area contributed by atoms with Crippen molar-refractivity contribution in [3.63, 3.8) is 0 Å². The van der Waals surface area contributed by atoms with E-state index in [1.165, 1.54) is 0 Å². The van der Waals surface area contributed by atoms with Gasteiger partial charge in [0, 0.05) is 31.7 Å². The summed E-state index contributed by atoms with van der Waals surface area (Å²) in [5.41, 5.74) is 0. The average molecular weight is 251 g/mol. The highest BCUT2D eigenvalue weighted by Gasteiger charge is 2.05. The van der Waals surface area contributed by atoms with Gasteiger partial charge in [-0.3, -0.25) is 0 Å². The minimum atomic E-state index is 0.474. The average Bonchev–Trinajstić information content (AvgIpc) is 2.81. The molecule has 0 saturated heterocycles. The van der Waals surface area contributed by atoms with Crippen molar-refractivity contribution < 1.29 is 0 Å². The van der Waals surface area contributed by atoms with E-state index < -0.39 is 0 Å². The number of nitrogens with one attached hydrogen (secondary N) is 1. The normalized spacial score (nSPS) is 12.4. The Balaban J connectivity index is 1.84. The van der Waals surface area contributed by atoms with E-state index in [-0.39, 0.29) is 0 Å². The molecule has 0 radical (unpaired) electrons. The van der Waals surface area contributed by atoms with Crippen LogP contribution in [0.2, 0.25) is 5.02 Å². The number of hydrogen-bond donors (Lipinski definition) is 1. The summed E-state index contributed by atoms with van der Waals surface area (Å²) in [5.74, 6) is 1.22. The molecule has 0 saturated carbocycles. The highest BCUT2D eigenvalue weighted by molar-refractivity contribution is 6.32. The SMILES string of the molecule is C[C@@H](CNc1ncccc1Cl)Cn1ccnc1. The fraction of sp³-hybridized carbons (Fsp3) is 0.333. The Morgan fingerprint density at radius 2 is 2.35 bits per heavy atom. The fourth-order valence-electron chi connectivity index (χ4n) is 1.61. The number of imidazole rings is 1. The second kappa shape index (κ2) is 5.68. The summed E-state index contributed by atoms with van der Waals surface area (Å²) in [6.07, 6.45) is 7.30. The lowest BCUT2D eigenvalue weighted by Crippen LogP contribution is -2.17. The molecule has 5 heteroatoms. The second-order valence-electron chi connectivity index (χ2n) is 4.08. The topological polar surface area (TPSA) is 42.7 Å². The zero-order chi connectivity index (χ0) is 12.1. The molecule has 0 fully saturated rings. The van der Waals surface area contributed by atoms with Crippen molar-refractivity contribution in [1.82, 2.24) is 14.5 Å². The first-order chi connectivity index (χ1) is 8.25. The van der Waals surface area contributed by atoms with Gasteiger partial charge in [0.15, 0.2) is 0 Å². The van der Waals surface area contributed by atoms with E-state index in [1.54, 1.807) is 12.4 Å². The van der Waals surface area contributed by atoms with Gasteiger partial charge in [-0.1, -0.05) is 18.5 Å². The van der Waals surface area contributed by atoms with Crippen molar-refractivity contribution >= 4 is 17.4 Å². The third kappa shape index (κ3) is 3.46. The number of aromatic nitrogens is 3. The highest BCUT2D eigenvalue weighted by atomic mass is 35.5. The molecule has 0 unspecified atom stereocenters. The van der Waals surface area contributed by atoms with Gasteiger partial charge in [-0.15, -0.1) is 0 Å². The molecule has 0 aliphatic carbocycles. The van der Waals surface area contributed by atoms with Crippen LogP contribution in [0, 0.1) is 5.92 Å². The molecule has 2 rings (SSSR count).